The van der Waals surface area contributed by atoms with Gasteiger partial charge in [0.1, 0.15) is 12.7 Å². The molecule has 190 valence electrons. The van der Waals surface area contributed by atoms with Crippen molar-refractivity contribution < 1.29 is 29.3 Å². The van der Waals surface area contributed by atoms with E-state index in [1.54, 1.807) is 6.08 Å². The number of carbonyl (C=O) groups is 2. The number of aliphatic hydroxyl groups is 2. The number of ether oxygens (including phenoxy) is 2. The first-order valence-electron chi connectivity index (χ1n) is 13.4. The average molecular weight is 475 g/mol. The lowest BCUT2D eigenvalue weighted by Crippen LogP contribution is -2.62. The second-order valence-electron chi connectivity index (χ2n) is 12.9. The van der Waals surface area contributed by atoms with Crippen LogP contribution in [0.15, 0.2) is 11.6 Å². The Kier molecular flexibility index (Phi) is 5.95. The van der Waals surface area contributed by atoms with Gasteiger partial charge in [0.15, 0.2) is 0 Å². The first kappa shape index (κ1) is 24.3. The molecular weight excluding hydrogens is 432 g/mol. The van der Waals surface area contributed by atoms with Crippen LogP contribution in [0.5, 0.6) is 0 Å². The maximum Gasteiger partial charge on any atom is 0.331 e. The number of hydrogen-bond donors (Lipinski definition) is 2. The van der Waals surface area contributed by atoms with E-state index in [-0.39, 0.29) is 47.8 Å². The fourth-order valence-electron chi connectivity index (χ4n) is 9.09. The molecule has 2 N–H and O–H groups in total. The summed E-state index contributed by atoms with van der Waals surface area (Å²) in [6.07, 6.45) is 8.26. The van der Waals surface area contributed by atoms with E-state index in [9.17, 15) is 19.8 Å². The minimum absolute atomic E-state index is 0.132. The van der Waals surface area contributed by atoms with E-state index >= 15 is 0 Å². The fraction of sp³-hybridized carbons (Fsp3) is 0.857. The molecule has 9 unspecified atom stereocenters. The second-order valence-corrected chi connectivity index (χ2v) is 12.9. The van der Waals surface area contributed by atoms with Crippen molar-refractivity contribution in [2.24, 2.45) is 40.4 Å². The van der Waals surface area contributed by atoms with E-state index in [1.807, 2.05) is 13.8 Å². The van der Waals surface area contributed by atoms with Gasteiger partial charge in [0.25, 0.3) is 0 Å². The summed E-state index contributed by atoms with van der Waals surface area (Å²) >= 11 is 0. The second kappa shape index (κ2) is 8.33. The number of fused-ring (bicyclic) bond motifs is 5. The molecule has 6 nitrogen and oxygen atoms in total. The molecule has 9 atom stereocenters. The minimum Gasteiger partial charge on any atom is -0.462 e. The number of aliphatic hydroxyl groups excluding tert-OH is 1. The van der Waals surface area contributed by atoms with Crippen LogP contribution in [-0.2, 0) is 19.1 Å². The Bertz CT molecular complexity index is 880. The molecular formula is C28H42O6. The van der Waals surface area contributed by atoms with Crippen LogP contribution in [0.25, 0.3) is 0 Å². The lowest BCUT2D eigenvalue weighted by molar-refractivity contribution is -0.208. The third kappa shape index (κ3) is 3.57. The molecule has 4 fully saturated rings. The predicted octanol–water partition coefficient (Wildman–Crippen LogP) is 4.17. The van der Waals surface area contributed by atoms with Gasteiger partial charge >= 0.3 is 11.9 Å². The van der Waals surface area contributed by atoms with Gasteiger partial charge in [-0.15, -0.1) is 0 Å². The molecule has 5 rings (SSSR count). The monoisotopic (exact) mass is 474 g/mol. The zero-order chi connectivity index (χ0) is 24.5. The maximum absolute atomic E-state index is 12.8. The summed E-state index contributed by atoms with van der Waals surface area (Å²) in [7, 11) is 0. The summed E-state index contributed by atoms with van der Waals surface area (Å²) < 4.78 is 11.4. The average Bonchev–Trinajstić information content (AvgIpc) is 3.25. The van der Waals surface area contributed by atoms with Crippen LogP contribution in [0.4, 0.5) is 0 Å². The van der Waals surface area contributed by atoms with Crippen LogP contribution in [0.2, 0.25) is 0 Å². The van der Waals surface area contributed by atoms with Crippen molar-refractivity contribution in [2.75, 3.05) is 6.61 Å². The van der Waals surface area contributed by atoms with E-state index in [1.165, 1.54) is 0 Å². The molecule has 0 aromatic heterocycles. The quantitative estimate of drug-likeness (QED) is 0.594. The molecule has 5 aliphatic rings. The molecule has 6 heteroatoms. The van der Waals surface area contributed by atoms with Crippen LogP contribution in [0, 0.1) is 40.4 Å². The van der Waals surface area contributed by atoms with Gasteiger partial charge in [-0.25, -0.2) is 4.79 Å². The molecule has 4 aliphatic carbocycles. The summed E-state index contributed by atoms with van der Waals surface area (Å²) in [6.45, 7) is 8.77. The smallest absolute Gasteiger partial charge is 0.331 e. The molecule has 4 saturated carbocycles. The number of esters is 2. The van der Waals surface area contributed by atoms with Crippen molar-refractivity contribution >= 4 is 11.9 Å². The van der Waals surface area contributed by atoms with Gasteiger partial charge in [-0.2, -0.15) is 0 Å². The molecule has 0 aromatic rings. The lowest BCUT2D eigenvalue weighted by Gasteiger charge is -2.63. The van der Waals surface area contributed by atoms with Crippen molar-refractivity contribution in [1.29, 1.82) is 0 Å². The first-order valence-corrected chi connectivity index (χ1v) is 13.4. The van der Waals surface area contributed by atoms with Crippen molar-refractivity contribution in [3.05, 3.63) is 11.6 Å². The highest BCUT2D eigenvalue weighted by molar-refractivity contribution is 5.85. The third-order valence-electron chi connectivity index (χ3n) is 10.8. The standard InChI is InChI=1S/C28H42O6/c1-16(2)11-24(31)34-22-14-28(32)21-6-5-18-13-19(29)7-9-26(18,3)20(21)8-10-27(28,4)25(22)17-12-23(30)33-15-17/h12,16,18-22,25,29,32H,5-11,13-15H2,1-4H3. The summed E-state index contributed by atoms with van der Waals surface area (Å²) in [6, 6.07) is 0. The molecule has 0 amide bonds. The fourth-order valence-corrected chi connectivity index (χ4v) is 9.09. The number of cyclic esters (lactones) is 1. The molecule has 34 heavy (non-hydrogen) atoms. The van der Waals surface area contributed by atoms with Crippen LogP contribution >= 0.6 is 0 Å². The number of hydrogen-bond acceptors (Lipinski definition) is 6. The number of carbonyl (C=O) groups excluding carboxylic acids is 2. The third-order valence-corrected chi connectivity index (χ3v) is 10.8. The van der Waals surface area contributed by atoms with Gasteiger partial charge in [0.2, 0.25) is 0 Å². The van der Waals surface area contributed by atoms with Crippen LogP contribution in [0.1, 0.15) is 85.5 Å². The lowest BCUT2D eigenvalue weighted by atomic mass is 9.43. The Labute approximate surface area is 203 Å². The minimum atomic E-state index is -0.958. The van der Waals surface area contributed by atoms with Crippen molar-refractivity contribution in [1.82, 2.24) is 0 Å². The molecule has 1 heterocycles. The zero-order valence-corrected chi connectivity index (χ0v) is 21.2. The van der Waals surface area contributed by atoms with Crippen LogP contribution < -0.4 is 0 Å². The van der Waals surface area contributed by atoms with Crippen LogP contribution in [0.3, 0.4) is 0 Å². The SMILES string of the molecule is CC(C)CC(=O)OC1CC2(O)C3CCC4CC(O)CCC4(C)C3CCC2(C)C1C1=CC(=O)OC1. The van der Waals surface area contributed by atoms with Crippen molar-refractivity contribution in [2.45, 2.75) is 103 Å². The van der Waals surface area contributed by atoms with Gasteiger partial charge in [-0.05, 0) is 79.6 Å². The Morgan fingerprint density at radius 3 is 2.62 bits per heavy atom. The zero-order valence-electron chi connectivity index (χ0n) is 21.2. The van der Waals surface area contributed by atoms with Gasteiger partial charge in [-0.1, -0.05) is 27.7 Å². The predicted molar refractivity (Wildman–Crippen MR) is 126 cm³/mol. The van der Waals surface area contributed by atoms with E-state index in [4.69, 9.17) is 9.47 Å². The number of rotatable bonds is 4. The molecule has 1 aliphatic heterocycles. The molecule has 0 aromatic carbocycles. The van der Waals surface area contributed by atoms with Crippen LogP contribution in [-0.4, -0.2) is 46.6 Å². The highest BCUT2D eigenvalue weighted by Crippen LogP contribution is 2.70. The highest BCUT2D eigenvalue weighted by Gasteiger charge is 2.71. The topological polar surface area (TPSA) is 93.1 Å². The largest absolute Gasteiger partial charge is 0.462 e. The van der Waals surface area contributed by atoms with Gasteiger partial charge in [-0.3, -0.25) is 4.79 Å². The van der Waals surface area contributed by atoms with E-state index in [0.717, 1.165) is 50.5 Å². The molecule has 0 radical (unpaired) electrons. The van der Waals surface area contributed by atoms with E-state index in [0.29, 0.717) is 24.7 Å². The molecule has 0 spiro atoms. The van der Waals surface area contributed by atoms with Gasteiger partial charge < -0.3 is 19.7 Å². The summed E-state index contributed by atoms with van der Waals surface area (Å²) in [5, 5.41) is 22.9. The van der Waals surface area contributed by atoms with Crippen molar-refractivity contribution in [3.8, 4) is 0 Å². The maximum atomic E-state index is 12.8. The highest BCUT2D eigenvalue weighted by atomic mass is 16.5. The Balaban J connectivity index is 1.49. The molecule has 0 saturated heterocycles. The summed E-state index contributed by atoms with van der Waals surface area (Å²) in [4.78, 5) is 24.7. The summed E-state index contributed by atoms with van der Waals surface area (Å²) in [5.74, 6) is 0.463. The summed E-state index contributed by atoms with van der Waals surface area (Å²) in [5.41, 5.74) is -0.439. The van der Waals surface area contributed by atoms with E-state index in [2.05, 4.69) is 13.8 Å². The Hall–Kier alpha value is -1.40. The molecule has 0 bridgehead atoms. The normalized spacial score (nSPS) is 48.0. The Morgan fingerprint density at radius 1 is 1.18 bits per heavy atom. The Morgan fingerprint density at radius 2 is 1.94 bits per heavy atom. The van der Waals surface area contributed by atoms with Crippen molar-refractivity contribution in [3.63, 3.8) is 0 Å². The van der Waals surface area contributed by atoms with Gasteiger partial charge in [0, 0.05) is 30.3 Å². The first-order chi connectivity index (χ1) is 16.0. The van der Waals surface area contributed by atoms with E-state index < -0.39 is 17.1 Å². The van der Waals surface area contributed by atoms with Gasteiger partial charge in [0.05, 0.1) is 11.7 Å².